The predicted octanol–water partition coefficient (Wildman–Crippen LogP) is 2.92. The number of rotatable bonds is 2. The molecular formula is C11H24N4. The summed E-state index contributed by atoms with van der Waals surface area (Å²) in [5.74, 6) is 1.50. The van der Waals surface area contributed by atoms with E-state index in [1.165, 1.54) is 0 Å². The summed E-state index contributed by atoms with van der Waals surface area (Å²) in [6.45, 7) is 9.96. The van der Waals surface area contributed by atoms with Crippen LogP contribution in [0.25, 0.3) is 0 Å². The standard InChI is InChI=1S/C7H12N4.2C2H6/c1-5-4-10-7(9-3)11-6(5)8-2;2*1-2/h4H,1-3H3,(H2,8,9,10,11);2*1-2H3. The van der Waals surface area contributed by atoms with Gasteiger partial charge in [-0.3, -0.25) is 0 Å². The summed E-state index contributed by atoms with van der Waals surface area (Å²) >= 11 is 0. The van der Waals surface area contributed by atoms with E-state index in [2.05, 4.69) is 20.6 Å². The normalized spacial score (nSPS) is 7.67. The zero-order chi connectivity index (χ0) is 12.3. The third kappa shape index (κ3) is 5.88. The predicted molar refractivity (Wildman–Crippen MR) is 68.6 cm³/mol. The average Bonchev–Trinajstić information content (AvgIpc) is 2.35. The van der Waals surface area contributed by atoms with Crippen LogP contribution in [0.2, 0.25) is 0 Å². The highest BCUT2D eigenvalue weighted by Crippen LogP contribution is 2.10. The quantitative estimate of drug-likeness (QED) is 0.791. The maximum absolute atomic E-state index is 4.18. The van der Waals surface area contributed by atoms with Crippen LogP contribution in [-0.4, -0.2) is 24.1 Å². The zero-order valence-corrected chi connectivity index (χ0v) is 11.0. The van der Waals surface area contributed by atoms with E-state index < -0.39 is 0 Å². The summed E-state index contributed by atoms with van der Waals surface area (Å²) in [5, 5.41) is 5.85. The van der Waals surface area contributed by atoms with Gasteiger partial charge in [0.1, 0.15) is 5.82 Å². The van der Waals surface area contributed by atoms with Crippen LogP contribution in [0.15, 0.2) is 6.20 Å². The molecule has 0 amide bonds. The first-order chi connectivity index (χ1) is 7.27. The third-order valence-corrected chi connectivity index (χ3v) is 1.43. The van der Waals surface area contributed by atoms with Crippen LogP contribution in [0.3, 0.4) is 0 Å². The molecule has 0 saturated heterocycles. The maximum atomic E-state index is 4.18. The monoisotopic (exact) mass is 212 g/mol. The van der Waals surface area contributed by atoms with Gasteiger partial charge in [-0.15, -0.1) is 0 Å². The highest BCUT2D eigenvalue weighted by atomic mass is 15.1. The Labute approximate surface area is 93.5 Å². The van der Waals surface area contributed by atoms with Gasteiger partial charge in [-0.2, -0.15) is 4.98 Å². The van der Waals surface area contributed by atoms with Gasteiger partial charge in [0.25, 0.3) is 0 Å². The molecule has 0 fully saturated rings. The lowest BCUT2D eigenvalue weighted by atomic mass is 10.3. The minimum atomic E-state index is 0.639. The fourth-order valence-corrected chi connectivity index (χ4v) is 0.816. The molecule has 15 heavy (non-hydrogen) atoms. The van der Waals surface area contributed by atoms with Crippen LogP contribution < -0.4 is 10.6 Å². The first-order valence-electron chi connectivity index (χ1n) is 5.47. The molecule has 1 heterocycles. The van der Waals surface area contributed by atoms with Gasteiger partial charge in [-0.05, 0) is 6.92 Å². The molecule has 0 aliphatic heterocycles. The molecule has 4 nitrogen and oxygen atoms in total. The summed E-state index contributed by atoms with van der Waals surface area (Å²) in [6.07, 6.45) is 1.78. The van der Waals surface area contributed by atoms with Crippen molar-refractivity contribution >= 4 is 11.8 Å². The Balaban J connectivity index is 0. The van der Waals surface area contributed by atoms with E-state index in [1.54, 1.807) is 13.2 Å². The molecule has 0 radical (unpaired) electrons. The minimum absolute atomic E-state index is 0.639. The van der Waals surface area contributed by atoms with Crippen molar-refractivity contribution in [1.82, 2.24) is 9.97 Å². The van der Waals surface area contributed by atoms with Crippen LogP contribution in [0.1, 0.15) is 33.3 Å². The number of aromatic nitrogens is 2. The van der Waals surface area contributed by atoms with E-state index in [0.717, 1.165) is 11.4 Å². The number of hydrogen-bond donors (Lipinski definition) is 2. The van der Waals surface area contributed by atoms with Crippen molar-refractivity contribution in [2.75, 3.05) is 24.7 Å². The van der Waals surface area contributed by atoms with Crippen molar-refractivity contribution in [2.24, 2.45) is 0 Å². The van der Waals surface area contributed by atoms with Gasteiger partial charge in [0.2, 0.25) is 5.95 Å². The second kappa shape index (κ2) is 10.8. The Kier molecular flexibility index (Phi) is 11.6. The van der Waals surface area contributed by atoms with Crippen LogP contribution >= 0.6 is 0 Å². The van der Waals surface area contributed by atoms with Gasteiger partial charge in [0.15, 0.2) is 0 Å². The van der Waals surface area contributed by atoms with Crippen molar-refractivity contribution in [3.8, 4) is 0 Å². The Morgan fingerprint density at radius 3 is 1.93 bits per heavy atom. The summed E-state index contributed by atoms with van der Waals surface area (Å²) in [4.78, 5) is 8.22. The van der Waals surface area contributed by atoms with Gasteiger partial charge in [-0.25, -0.2) is 4.98 Å². The molecule has 0 aromatic carbocycles. The molecule has 2 N–H and O–H groups in total. The largest absolute Gasteiger partial charge is 0.373 e. The van der Waals surface area contributed by atoms with Gasteiger partial charge in [0, 0.05) is 25.9 Å². The number of anilines is 2. The van der Waals surface area contributed by atoms with Gasteiger partial charge in [-0.1, -0.05) is 27.7 Å². The molecular weight excluding hydrogens is 188 g/mol. The van der Waals surface area contributed by atoms with Crippen LogP contribution in [-0.2, 0) is 0 Å². The zero-order valence-electron chi connectivity index (χ0n) is 11.0. The van der Waals surface area contributed by atoms with Gasteiger partial charge < -0.3 is 10.6 Å². The first-order valence-corrected chi connectivity index (χ1v) is 5.47. The first kappa shape index (κ1) is 16.1. The van der Waals surface area contributed by atoms with Crippen LogP contribution in [0, 0.1) is 6.92 Å². The molecule has 0 saturated carbocycles. The summed E-state index contributed by atoms with van der Waals surface area (Å²) in [5.41, 5.74) is 1.05. The highest BCUT2D eigenvalue weighted by molar-refractivity contribution is 5.45. The molecule has 1 rings (SSSR count). The Morgan fingerprint density at radius 1 is 1.00 bits per heavy atom. The number of aryl methyl sites for hydroxylation is 1. The average molecular weight is 212 g/mol. The molecule has 1 aromatic rings. The Morgan fingerprint density at radius 2 is 1.53 bits per heavy atom. The van der Waals surface area contributed by atoms with Crippen LogP contribution in [0.4, 0.5) is 11.8 Å². The fourth-order valence-electron chi connectivity index (χ4n) is 0.816. The van der Waals surface area contributed by atoms with Crippen molar-refractivity contribution in [3.05, 3.63) is 11.8 Å². The third-order valence-electron chi connectivity index (χ3n) is 1.43. The maximum Gasteiger partial charge on any atom is 0.224 e. The van der Waals surface area contributed by atoms with Gasteiger partial charge >= 0.3 is 0 Å². The van der Waals surface area contributed by atoms with E-state index in [4.69, 9.17) is 0 Å². The minimum Gasteiger partial charge on any atom is -0.373 e. The summed E-state index contributed by atoms with van der Waals surface area (Å²) in [6, 6.07) is 0. The summed E-state index contributed by atoms with van der Waals surface area (Å²) in [7, 11) is 3.64. The number of nitrogens with one attached hydrogen (secondary N) is 2. The molecule has 0 spiro atoms. The lowest BCUT2D eigenvalue weighted by Gasteiger charge is -2.04. The van der Waals surface area contributed by atoms with E-state index in [9.17, 15) is 0 Å². The number of hydrogen-bond acceptors (Lipinski definition) is 4. The topological polar surface area (TPSA) is 49.8 Å². The Hall–Kier alpha value is -1.32. The molecule has 0 bridgehead atoms. The lowest BCUT2D eigenvalue weighted by Crippen LogP contribution is -2.01. The highest BCUT2D eigenvalue weighted by Gasteiger charge is 1.98. The Bertz CT molecular complexity index is 248. The molecule has 0 unspecified atom stereocenters. The van der Waals surface area contributed by atoms with E-state index in [-0.39, 0.29) is 0 Å². The fraction of sp³-hybridized carbons (Fsp3) is 0.636. The summed E-state index contributed by atoms with van der Waals surface area (Å²) < 4.78 is 0. The second-order valence-electron chi connectivity index (χ2n) is 2.23. The SMILES string of the molecule is CC.CC.CNc1ncc(C)c(NC)n1. The van der Waals surface area contributed by atoms with Crippen molar-refractivity contribution < 1.29 is 0 Å². The number of nitrogens with zero attached hydrogens (tertiary/aromatic N) is 2. The van der Waals surface area contributed by atoms with E-state index in [1.807, 2.05) is 41.7 Å². The molecule has 0 aliphatic carbocycles. The second-order valence-corrected chi connectivity index (χ2v) is 2.23. The molecule has 4 heteroatoms. The van der Waals surface area contributed by atoms with E-state index >= 15 is 0 Å². The molecule has 88 valence electrons. The molecule has 0 aliphatic rings. The molecule has 1 aromatic heterocycles. The van der Waals surface area contributed by atoms with Crippen LogP contribution in [0.5, 0.6) is 0 Å². The van der Waals surface area contributed by atoms with Gasteiger partial charge in [0.05, 0.1) is 0 Å². The smallest absolute Gasteiger partial charge is 0.224 e. The van der Waals surface area contributed by atoms with E-state index in [0.29, 0.717) is 5.95 Å². The van der Waals surface area contributed by atoms with Crippen molar-refractivity contribution in [1.29, 1.82) is 0 Å². The van der Waals surface area contributed by atoms with Crippen molar-refractivity contribution in [2.45, 2.75) is 34.6 Å². The molecule has 0 atom stereocenters. The lowest BCUT2D eigenvalue weighted by molar-refractivity contribution is 1.11. The van der Waals surface area contributed by atoms with Crippen molar-refractivity contribution in [3.63, 3.8) is 0 Å².